The predicted octanol–water partition coefficient (Wildman–Crippen LogP) is 5.47. The van der Waals surface area contributed by atoms with E-state index >= 15 is 0 Å². The Morgan fingerprint density at radius 2 is 1.80 bits per heavy atom. The molecule has 0 unspecified atom stereocenters. The highest BCUT2D eigenvalue weighted by Gasteiger charge is 2.21. The lowest BCUT2D eigenvalue weighted by Gasteiger charge is -2.23. The maximum atomic E-state index is 13.4. The van der Waals surface area contributed by atoms with Gasteiger partial charge in [-0.3, -0.25) is 9.36 Å². The molecule has 0 spiro atoms. The van der Waals surface area contributed by atoms with Crippen molar-refractivity contribution < 1.29 is 8.98 Å². The molecule has 0 amide bonds. The average molecular weight is 545 g/mol. The SMILES string of the molecule is C=CCn1c(=O)/c(=C\C=C2/C=CN(C)c3ccccc32)s/c1=C\c1oc2ccc(-c3ccccc3)cc2[n+]1CC. The molecule has 2 aromatic heterocycles. The summed E-state index contributed by atoms with van der Waals surface area (Å²) in [6.07, 6.45) is 11.8. The summed E-state index contributed by atoms with van der Waals surface area (Å²) in [7, 11) is 2.04. The lowest BCUT2D eigenvalue weighted by atomic mass is 10.00. The molecule has 0 radical (unpaired) electrons. The number of aromatic nitrogens is 2. The third kappa shape index (κ3) is 4.67. The molecule has 40 heavy (non-hydrogen) atoms. The molecule has 0 bridgehead atoms. The first-order valence-corrected chi connectivity index (χ1v) is 14.2. The predicted molar refractivity (Wildman–Crippen MR) is 166 cm³/mol. The van der Waals surface area contributed by atoms with Gasteiger partial charge in [-0.2, -0.15) is 4.57 Å². The number of oxazole rings is 1. The molecule has 6 rings (SSSR count). The minimum absolute atomic E-state index is 0.0382. The number of thiazole rings is 1. The Balaban J connectivity index is 1.47. The van der Waals surface area contributed by atoms with Crippen LogP contribution in [0.4, 0.5) is 5.69 Å². The number of rotatable bonds is 6. The molecular formula is C34H30N3O2S+. The summed E-state index contributed by atoms with van der Waals surface area (Å²) in [6, 6.07) is 24.9. The van der Waals surface area contributed by atoms with Crippen LogP contribution in [0.3, 0.4) is 0 Å². The highest BCUT2D eigenvalue weighted by molar-refractivity contribution is 7.07. The summed E-state index contributed by atoms with van der Waals surface area (Å²) in [5.74, 6) is 0.707. The Bertz CT molecular complexity index is 1970. The van der Waals surface area contributed by atoms with Crippen LogP contribution in [0.15, 0.2) is 113 Å². The van der Waals surface area contributed by atoms with Crippen molar-refractivity contribution in [3.8, 4) is 11.1 Å². The van der Waals surface area contributed by atoms with E-state index in [0.717, 1.165) is 50.3 Å². The monoisotopic (exact) mass is 544 g/mol. The molecule has 0 atom stereocenters. The zero-order chi connectivity index (χ0) is 27.6. The van der Waals surface area contributed by atoms with Crippen molar-refractivity contribution in [2.24, 2.45) is 0 Å². The average Bonchev–Trinajstić information content (AvgIpc) is 3.49. The fraction of sp³-hybridized carbons (Fsp3) is 0.118. The largest absolute Gasteiger partial charge is 0.398 e. The summed E-state index contributed by atoms with van der Waals surface area (Å²) in [5.41, 5.74) is 7.43. The first-order valence-electron chi connectivity index (χ1n) is 13.3. The van der Waals surface area contributed by atoms with Crippen molar-refractivity contribution in [2.75, 3.05) is 11.9 Å². The summed E-state index contributed by atoms with van der Waals surface area (Å²) >= 11 is 1.46. The molecule has 5 nitrogen and oxygen atoms in total. The molecular weight excluding hydrogens is 514 g/mol. The summed E-state index contributed by atoms with van der Waals surface area (Å²) in [5, 5.41) is 0. The first-order chi connectivity index (χ1) is 19.6. The molecule has 0 fully saturated rings. The van der Waals surface area contributed by atoms with Crippen LogP contribution in [0.1, 0.15) is 18.4 Å². The second-order valence-corrected chi connectivity index (χ2v) is 10.7. The van der Waals surface area contributed by atoms with Crippen LogP contribution in [0.2, 0.25) is 0 Å². The van der Waals surface area contributed by atoms with E-state index in [2.05, 4.69) is 65.4 Å². The number of nitrogens with zero attached hydrogens (tertiary/aromatic N) is 3. The van der Waals surface area contributed by atoms with Gasteiger partial charge in [-0.1, -0.05) is 66.7 Å². The molecule has 198 valence electrons. The molecule has 5 aromatic rings. The van der Waals surface area contributed by atoms with Crippen molar-refractivity contribution in [3.05, 3.63) is 135 Å². The Hall–Kier alpha value is -4.68. The number of anilines is 1. The van der Waals surface area contributed by atoms with Crippen LogP contribution >= 0.6 is 11.3 Å². The Morgan fingerprint density at radius 3 is 2.60 bits per heavy atom. The van der Waals surface area contributed by atoms with E-state index in [-0.39, 0.29) is 5.56 Å². The first kappa shape index (κ1) is 25.6. The topological polar surface area (TPSA) is 42.3 Å². The van der Waals surface area contributed by atoms with Gasteiger partial charge >= 0.3 is 5.89 Å². The van der Waals surface area contributed by atoms with Gasteiger partial charge in [-0.15, -0.1) is 17.9 Å². The van der Waals surface area contributed by atoms with E-state index < -0.39 is 0 Å². The Morgan fingerprint density at radius 1 is 1.00 bits per heavy atom. The minimum Gasteiger partial charge on any atom is -0.398 e. The normalized spacial score (nSPS) is 14.8. The second kappa shape index (κ2) is 10.8. The Labute approximate surface area is 236 Å². The lowest BCUT2D eigenvalue weighted by Crippen LogP contribution is -2.35. The van der Waals surface area contributed by atoms with Gasteiger partial charge in [0.1, 0.15) is 11.2 Å². The van der Waals surface area contributed by atoms with Gasteiger partial charge in [0.25, 0.3) is 11.1 Å². The highest BCUT2D eigenvalue weighted by Crippen LogP contribution is 2.31. The van der Waals surface area contributed by atoms with Crippen molar-refractivity contribution in [3.63, 3.8) is 0 Å². The van der Waals surface area contributed by atoms with Crippen LogP contribution in [0, 0.1) is 0 Å². The maximum Gasteiger partial charge on any atom is 0.377 e. The van der Waals surface area contributed by atoms with E-state index in [1.165, 1.54) is 11.3 Å². The zero-order valence-electron chi connectivity index (χ0n) is 22.6. The van der Waals surface area contributed by atoms with Crippen LogP contribution in [0.5, 0.6) is 0 Å². The number of allylic oxidation sites excluding steroid dienone is 4. The smallest absolute Gasteiger partial charge is 0.377 e. The summed E-state index contributed by atoms with van der Waals surface area (Å²) in [4.78, 5) is 15.5. The van der Waals surface area contributed by atoms with Gasteiger partial charge < -0.3 is 9.32 Å². The molecule has 0 saturated heterocycles. The Kier molecular flexibility index (Phi) is 6.93. The summed E-state index contributed by atoms with van der Waals surface area (Å²) < 4.78 is 11.7. The zero-order valence-corrected chi connectivity index (χ0v) is 23.4. The van der Waals surface area contributed by atoms with Gasteiger partial charge in [0.15, 0.2) is 0 Å². The molecule has 0 saturated carbocycles. The van der Waals surface area contributed by atoms with Crippen molar-refractivity contribution in [2.45, 2.75) is 20.0 Å². The third-order valence-electron chi connectivity index (χ3n) is 7.14. The van der Waals surface area contributed by atoms with Gasteiger partial charge in [0.05, 0.1) is 10.6 Å². The third-order valence-corrected chi connectivity index (χ3v) is 8.21. The van der Waals surface area contributed by atoms with E-state index in [9.17, 15) is 4.79 Å². The minimum atomic E-state index is -0.0382. The molecule has 3 aromatic carbocycles. The van der Waals surface area contributed by atoms with Gasteiger partial charge in [0.2, 0.25) is 5.58 Å². The number of fused-ring (bicyclic) bond motifs is 2. The van der Waals surface area contributed by atoms with E-state index in [0.29, 0.717) is 17.0 Å². The van der Waals surface area contributed by atoms with Crippen LogP contribution in [-0.4, -0.2) is 11.6 Å². The molecule has 1 aliphatic heterocycles. The van der Waals surface area contributed by atoms with Crippen LogP contribution < -0.4 is 24.2 Å². The van der Waals surface area contributed by atoms with E-state index in [4.69, 9.17) is 4.42 Å². The lowest BCUT2D eigenvalue weighted by molar-refractivity contribution is -0.674. The van der Waals surface area contributed by atoms with Gasteiger partial charge in [0, 0.05) is 37.1 Å². The van der Waals surface area contributed by atoms with Crippen LogP contribution in [0.25, 0.3) is 40.0 Å². The number of para-hydroxylation sites is 1. The summed E-state index contributed by atoms with van der Waals surface area (Å²) in [6.45, 7) is 7.14. The maximum absolute atomic E-state index is 13.4. The van der Waals surface area contributed by atoms with Gasteiger partial charge in [-0.25, -0.2) is 0 Å². The molecule has 3 heterocycles. The van der Waals surface area contributed by atoms with Crippen molar-refractivity contribution >= 4 is 45.8 Å². The number of hydrogen-bond acceptors (Lipinski definition) is 4. The molecule has 1 aliphatic rings. The fourth-order valence-electron chi connectivity index (χ4n) is 5.11. The van der Waals surface area contributed by atoms with Gasteiger partial charge in [-0.05, 0) is 47.9 Å². The van der Waals surface area contributed by atoms with E-state index in [1.54, 1.807) is 10.6 Å². The quantitative estimate of drug-likeness (QED) is 0.210. The highest BCUT2D eigenvalue weighted by atomic mass is 32.1. The molecule has 0 N–H and O–H groups in total. The second-order valence-electron chi connectivity index (χ2n) is 9.62. The van der Waals surface area contributed by atoms with Crippen LogP contribution in [-0.2, 0) is 13.1 Å². The van der Waals surface area contributed by atoms with Crippen molar-refractivity contribution in [1.82, 2.24) is 4.57 Å². The van der Waals surface area contributed by atoms with Crippen molar-refractivity contribution in [1.29, 1.82) is 0 Å². The number of benzene rings is 3. The number of hydrogen-bond donors (Lipinski definition) is 0. The fourth-order valence-corrected chi connectivity index (χ4v) is 6.09. The molecule has 6 heteroatoms. The standard InChI is InChI=1S/C34H30N3O2S/c1-4-20-37-33(40-31(34(37)38)18-16-25-19-21-35(3)28-14-10-9-13-27(25)28)23-32-36(5-2)29-22-26(15-17-30(29)39-32)24-11-7-6-8-12-24/h4,6-19,21-23H,1,5,20H2,2-3H3/q+1/b25-16+,31-18+. The van der Waals surface area contributed by atoms with E-state index in [1.807, 2.05) is 67.9 Å². The molecule has 0 aliphatic carbocycles. The number of aryl methyl sites for hydroxylation is 1.